The fraction of sp³-hybridized carbons (Fsp3) is 0.895. The number of nitrogens with zero attached hydrogens (tertiary/aromatic N) is 3. The molecule has 5 atom stereocenters. The minimum Gasteiger partial charge on any atom is -0.341 e. The lowest BCUT2D eigenvalue weighted by Crippen LogP contribution is -2.54. The third-order valence-corrected chi connectivity index (χ3v) is 8.29. The number of alkyl halides is 1. The minimum absolute atomic E-state index is 0.132. The molecule has 5 nitrogen and oxygen atoms in total. The van der Waals surface area contributed by atoms with Crippen LogP contribution in [0.5, 0.6) is 0 Å². The zero-order valence-corrected chi connectivity index (χ0v) is 17.9. The van der Waals surface area contributed by atoms with Gasteiger partial charge in [0, 0.05) is 31.1 Å². The molecule has 0 aliphatic carbocycles. The van der Waals surface area contributed by atoms with Gasteiger partial charge in [-0.15, -0.1) is 23.4 Å². The molecular weight excluding hydrogens is 370 g/mol. The minimum atomic E-state index is -0.274. The zero-order valence-electron chi connectivity index (χ0n) is 16.4. The van der Waals surface area contributed by atoms with Crippen LogP contribution >= 0.6 is 23.4 Å². The van der Waals surface area contributed by atoms with Crippen LogP contribution in [0.3, 0.4) is 0 Å². The van der Waals surface area contributed by atoms with E-state index in [1.807, 2.05) is 9.80 Å². The average Bonchev–Trinajstić information content (AvgIpc) is 3.31. The molecule has 0 spiro atoms. The van der Waals surface area contributed by atoms with E-state index in [4.69, 9.17) is 11.6 Å². The van der Waals surface area contributed by atoms with E-state index in [1.54, 1.807) is 11.8 Å². The Hall–Kier alpha value is -0.460. The summed E-state index contributed by atoms with van der Waals surface area (Å²) in [5.74, 6) is 1.17. The Bertz CT molecular complexity index is 541. The van der Waals surface area contributed by atoms with Crippen LogP contribution in [0.25, 0.3) is 0 Å². The van der Waals surface area contributed by atoms with Gasteiger partial charge in [-0.1, -0.05) is 13.8 Å². The molecule has 0 N–H and O–H groups in total. The Balaban J connectivity index is 1.80. The maximum absolute atomic E-state index is 13.6. The van der Waals surface area contributed by atoms with E-state index in [1.165, 1.54) is 0 Å². The van der Waals surface area contributed by atoms with Gasteiger partial charge in [0.05, 0.1) is 5.37 Å². The molecule has 148 valence electrons. The molecule has 0 aromatic heterocycles. The van der Waals surface area contributed by atoms with E-state index in [2.05, 4.69) is 32.7 Å². The lowest BCUT2D eigenvalue weighted by molar-refractivity contribution is -0.144. The van der Waals surface area contributed by atoms with Crippen LogP contribution in [0, 0.1) is 5.92 Å². The van der Waals surface area contributed by atoms with Crippen LogP contribution in [-0.4, -0.2) is 81.3 Å². The molecule has 0 aromatic rings. The summed E-state index contributed by atoms with van der Waals surface area (Å²) in [7, 11) is 2.07. The molecule has 0 radical (unpaired) electrons. The van der Waals surface area contributed by atoms with Crippen LogP contribution in [0.4, 0.5) is 0 Å². The van der Waals surface area contributed by atoms with Crippen molar-refractivity contribution in [2.24, 2.45) is 5.92 Å². The predicted octanol–water partition coefficient (Wildman–Crippen LogP) is 2.63. The molecular formula is C19H32ClN3O2S. The molecule has 3 unspecified atom stereocenters. The average molecular weight is 402 g/mol. The standard InChI is InChI=1S/C19H32ClN3O2S/c1-12(2)16-17(26-15(11-20)21(16)4)19(25)23-13(3)7-8-14(23)18(24)22-9-5-6-10-22/h12-17H,5-11H2,1-4H3/t13-,14+,15?,16?,17?/m1/s1. The molecule has 0 bridgehead atoms. The van der Waals surface area contributed by atoms with Gasteiger partial charge in [0.25, 0.3) is 0 Å². The van der Waals surface area contributed by atoms with E-state index in [9.17, 15) is 9.59 Å². The number of hydrogen-bond acceptors (Lipinski definition) is 4. The SMILES string of the molecule is CC(C)C1C(C(=O)N2[C@H](C)CC[C@H]2C(=O)N2CCCC2)SC(CCl)N1C. The van der Waals surface area contributed by atoms with Crippen LogP contribution in [0.1, 0.15) is 46.5 Å². The van der Waals surface area contributed by atoms with Gasteiger partial charge in [-0.05, 0) is 45.6 Å². The normalized spacial score (nSPS) is 35.7. The Morgan fingerprint density at radius 1 is 1.15 bits per heavy atom. The van der Waals surface area contributed by atoms with Crippen LogP contribution in [0.2, 0.25) is 0 Å². The second-order valence-corrected chi connectivity index (χ2v) is 9.92. The fourth-order valence-corrected chi connectivity index (χ4v) is 6.90. The monoisotopic (exact) mass is 401 g/mol. The Labute approximate surface area is 166 Å². The van der Waals surface area contributed by atoms with Gasteiger partial charge in [0.15, 0.2) is 0 Å². The Morgan fingerprint density at radius 3 is 2.38 bits per heavy atom. The van der Waals surface area contributed by atoms with Gasteiger partial charge in [0.2, 0.25) is 11.8 Å². The van der Waals surface area contributed by atoms with Gasteiger partial charge in [0.1, 0.15) is 11.3 Å². The smallest absolute Gasteiger partial charge is 0.245 e. The van der Waals surface area contributed by atoms with Crippen molar-refractivity contribution in [2.45, 2.75) is 75.2 Å². The van der Waals surface area contributed by atoms with Crippen LogP contribution < -0.4 is 0 Å². The predicted molar refractivity (Wildman–Crippen MR) is 107 cm³/mol. The van der Waals surface area contributed by atoms with Gasteiger partial charge >= 0.3 is 0 Å². The maximum Gasteiger partial charge on any atom is 0.245 e. The number of hydrogen-bond donors (Lipinski definition) is 0. The second kappa shape index (κ2) is 8.27. The number of thioether (sulfide) groups is 1. The molecule has 0 saturated carbocycles. The van der Waals surface area contributed by atoms with Crippen LogP contribution in [0.15, 0.2) is 0 Å². The molecule has 3 aliphatic heterocycles. The van der Waals surface area contributed by atoms with Crippen molar-refractivity contribution in [3.05, 3.63) is 0 Å². The summed E-state index contributed by atoms with van der Waals surface area (Å²) < 4.78 is 0. The highest BCUT2D eigenvalue weighted by Gasteiger charge is 2.50. The van der Waals surface area contributed by atoms with E-state index in [-0.39, 0.29) is 40.6 Å². The summed E-state index contributed by atoms with van der Waals surface area (Å²) >= 11 is 7.82. The van der Waals surface area contributed by atoms with Crippen molar-refractivity contribution < 1.29 is 9.59 Å². The van der Waals surface area contributed by atoms with Crippen molar-refractivity contribution in [2.75, 3.05) is 26.0 Å². The van der Waals surface area contributed by atoms with Crippen molar-refractivity contribution in [3.8, 4) is 0 Å². The van der Waals surface area contributed by atoms with Crippen LogP contribution in [-0.2, 0) is 9.59 Å². The number of carbonyl (C=O) groups is 2. The summed E-state index contributed by atoms with van der Waals surface area (Å²) in [6.45, 7) is 8.10. The molecule has 0 aromatic carbocycles. The summed E-state index contributed by atoms with van der Waals surface area (Å²) in [4.78, 5) is 32.7. The number of halogens is 1. The fourth-order valence-electron chi connectivity index (χ4n) is 4.81. The molecule has 2 amide bonds. The van der Waals surface area contributed by atoms with Gasteiger partial charge < -0.3 is 9.80 Å². The summed E-state index contributed by atoms with van der Waals surface area (Å²) in [5, 5.41) is 0.0156. The number of amides is 2. The van der Waals surface area contributed by atoms with Crippen molar-refractivity contribution in [1.82, 2.24) is 14.7 Å². The molecule has 3 rings (SSSR count). The van der Waals surface area contributed by atoms with E-state index in [0.717, 1.165) is 38.8 Å². The van der Waals surface area contributed by atoms with E-state index < -0.39 is 0 Å². The number of rotatable bonds is 4. The summed E-state index contributed by atoms with van der Waals surface area (Å²) in [5.41, 5.74) is 0. The third-order valence-electron chi connectivity index (χ3n) is 6.22. The molecule has 3 heterocycles. The Kier molecular flexibility index (Phi) is 6.45. The van der Waals surface area contributed by atoms with Crippen molar-refractivity contribution in [3.63, 3.8) is 0 Å². The molecule has 26 heavy (non-hydrogen) atoms. The maximum atomic E-state index is 13.6. The number of likely N-dealkylation sites (tertiary alicyclic amines) is 2. The highest BCUT2D eigenvalue weighted by Crippen LogP contribution is 2.41. The molecule has 7 heteroatoms. The second-order valence-electron chi connectivity index (χ2n) is 8.29. The quantitative estimate of drug-likeness (QED) is 0.679. The van der Waals surface area contributed by atoms with Gasteiger partial charge in [-0.3, -0.25) is 14.5 Å². The van der Waals surface area contributed by atoms with Gasteiger partial charge in [-0.2, -0.15) is 0 Å². The highest BCUT2D eigenvalue weighted by atomic mass is 35.5. The molecule has 3 aliphatic rings. The number of carbonyl (C=O) groups excluding carboxylic acids is 2. The molecule has 3 fully saturated rings. The first kappa shape index (κ1) is 20.3. The summed E-state index contributed by atoms with van der Waals surface area (Å²) in [6, 6.07) is 0.0174. The van der Waals surface area contributed by atoms with E-state index >= 15 is 0 Å². The first-order valence-electron chi connectivity index (χ1n) is 9.91. The lowest BCUT2D eigenvalue weighted by atomic mass is 9.98. The van der Waals surface area contributed by atoms with Crippen molar-refractivity contribution >= 4 is 35.2 Å². The van der Waals surface area contributed by atoms with Crippen molar-refractivity contribution in [1.29, 1.82) is 0 Å². The first-order chi connectivity index (χ1) is 12.4. The largest absolute Gasteiger partial charge is 0.341 e. The third kappa shape index (κ3) is 3.61. The zero-order chi connectivity index (χ0) is 19.0. The Morgan fingerprint density at radius 2 is 1.81 bits per heavy atom. The van der Waals surface area contributed by atoms with Gasteiger partial charge in [-0.25, -0.2) is 0 Å². The summed E-state index contributed by atoms with van der Waals surface area (Å²) in [6.07, 6.45) is 3.87. The molecule has 3 saturated heterocycles. The highest BCUT2D eigenvalue weighted by molar-refractivity contribution is 8.01. The topological polar surface area (TPSA) is 43.9 Å². The lowest BCUT2D eigenvalue weighted by Gasteiger charge is -2.35. The van der Waals surface area contributed by atoms with E-state index in [0.29, 0.717) is 11.8 Å². The first-order valence-corrected chi connectivity index (χ1v) is 11.4.